The number of hydrogen-bond donors (Lipinski definition) is 1. The summed E-state index contributed by atoms with van der Waals surface area (Å²) in [5.41, 5.74) is 6.36. The maximum absolute atomic E-state index is 5.65. The molecule has 4 nitrogen and oxygen atoms in total. The molecular formula is C12H13N3OS. The van der Waals surface area contributed by atoms with Crippen molar-refractivity contribution in [2.45, 2.75) is 5.16 Å². The molecule has 0 aliphatic carbocycles. The molecule has 2 rings (SSSR count). The van der Waals surface area contributed by atoms with Crippen LogP contribution in [0.2, 0.25) is 0 Å². The quantitative estimate of drug-likeness (QED) is 0.380. The molecule has 1 aromatic carbocycles. The average Bonchev–Trinajstić information content (AvgIpc) is 2.36. The Morgan fingerprint density at radius 1 is 1.18 bits per heavy atom. The van der Waals surface area contributed by atoms with Crippen molar-refractivity contribution in [3.63, 3.8) is 0 Å². The molecule has 0 spiro atoms. The lowest BCUT2D eigenvalue weighted by Gasteiger charge is -2.05. The summed E-state index contributed by atoms with van der Waals surface area (Å²) < 4.78 is 5.55. The summed E-state index contributed by atoms with van der Waals surface area (Å²) in [7, 11) is 0. The van der Waals surface area contributed by atoms with Gasteiger partial charge in [0.1, 0.15) is 5.75 Å². The van der Waals surface area contributed by atoms with E-state index in [2.05, 4.69) is 9.97 Å². The third-order valence-electron chi connectivity index (χ3n) is 1.98. The fourth-order valence-electron chi connectivity index (χ4n) is 1.26. The van der Waals surface area contributed by atoms with Gasteiger partial charge in [-0.05, 0) is 18.2 Å². The number of ether oxygens (including phenoxy) is 1. The Bertz CT molecular complexity index is 464. The van der Waals surface area contributed by atoms with E-state index < -0.39 is 0 Å². The van der Waals surface area contributed by atoms with Crippen molar-refractivity contribution in [1.82, 2.24) is 9.97 Å². The minimum absolute atomic E-state index is 0.604. The van der Waals surface area contributed by atoms with Crippen molar-refractivity contribution in [3.8, 4) is 5.75 Å². The zero-order chi connectivity index (χ0) is 11.9. The maximum Gasteiger partial charge on any atom is 0.187 e. The first kappa shape index (κ1) is 11.7. The van der Waals surface area contributed by atoms with Crippen molar-refractivity contribution in [2.24, 2.45) is 0 Å². The molecule has 2 aromatic rings. The van der Waals surface area contributed by atoms with Gasteiger partial charge in [0.25, 0.3) is 0 Å². The smallest absolute Gasteiger partial charge is 0.187 e. The van der Waals surface area contributed by atoms with Gasteiger partial charge in [0, 0.05) is 29.9 Å². The number of nitrogens with two attached hydrogens (primary N) is 1. The summed E-state index contributed by atoms with van der Waals surface area (Å²) in [6, 6.07) is 9.20. The van der Waals surface area contributed by atoms with E-state index >= 15 is 0 Å². The zero-order valence-electron chi connectivity index (χ0n) is 9.24. The van der Waals surface area contributed by atoms with Crippen LogP contribution in [-0.4, -0.2) is 22.3 Å². The van der Waals surface area contributed by atoms with Crippen LogP contribution < -0.4 is 10.5 Å². The van der Waals surface area contributed by atoms with Crippen LogP contribution in [0.5, 0.6) is 5.75 Å². The lowest BCUT2D eigenvalue weighted by atomic mass is 10.3. The number of thioether (sulfide) groups is 1. The Morgan fingerprint density at radius 2 is 2.00 bits per heavy atom. The highest BCUT2D eigenvalue weighted by molar-refractivity contribution is 7.99. The van der Waals surface area contributed by atoms with Crippen LogP contribution >= 0.6 is 11.8 Å². The number of nitrogen functional groups attached to an aromatic ring is 1. The lowest BCUT2D eigenvalue weighted by Crippen LogP contribution is -2.01. The normalized spacial score (nSPS) is 10.1. The predicted octanol–water partition coefficient (Wildman–Crippen LogP) is 2.23. The molecule has 0 aliphatic heterocycles. The first-order valence-corrected chi connectivity index (χ1v) is 6.21. The van der Waals surface area contributed by atoms with Crippen LogP contribution in [0, 0.1) is 0 Å². The zero-order valence-corrected chi connectivity index (χ0v) is 10.1. The first-order valence-electron chi connectivity index (χ1n) is 5.23. The predicted molar refractivity (Wildman–Crippen MR) is 69.1 cm³/mol. The Hall–Kier alpha value is -1.75. The summed E-state index contributed by atoms with van der Waals surface area (Å²) in [6.07, 6.45) is 3.46. The van der Waals surface area contributed by atoms with Gasteiger partial charge in [-0.15, -0.1) is 0 Å². The van der Waals surface area contributed by atoms with Crippen LogP contribution in [0.15, 0.2) is 47.9 Å². The molecule has 0 radical (unpaired) electrons. The van der Waals surface area contributed by atoms with Crippen LogP contribution in [0.3, 0.4) is 0 Å². The highest BCUT2D eigenvalue weighted by Gasteiger charge is 1.97. The van der Waals surface area contributed by atoms with E-state index in [4.69, 9.17) is 10.5 Å². The van der Waals surface area contributed by atoms with Crippen molar-refractivity contribution in [1.29, 1.82) is 0 Å². The third kappa shape index (κ3) is 3.96. The average molecular weight is 247 g/mol. The molecule has 88 valence electrons. The van der Waals surface area contributed by atoms with Gasteiger partial charge in [-0.2, -0.15) is 0 Å². The monoisotopic (exact) mass is 247 g/mol. The number of rotatable bonds is 5. The third-order valence-corrected chi connectivity index (χ3v) is 2.82. The molecule has 0 saturated carbocycles. The molecule has 0 unspecified atom stereocenters. The molecule has 1 aromatic heterocycles. The highest BCUT2D eigenvalue weighted by Crippen LogP contribution is 2.16. The van der Waals surface area contributed by atoms with E-state index in [0.29, 0.717) is 12.3 Å². The minimum Gasteiger partial charge on any atom is -0.493 e. The molecule has 17 heavy (non-hydrogen) atoms. The fourth-order valence-corrected chi connectivity index (χ4v) is 1.88. The van der Waals surface area contributed by atoms with Crippen molar-refractivity contribution >= 4 is 17.4 Å². The van der Waals surface area contributed by atoms with Crippen molar-refractivity contribution in [2.75, 3.05) is 18.1 Å². The van der Waals surface area contributed by atoms with Crippen molar-refractivity contribution < 1.29 is 4.74 Å². The van der Waals surface area contributed by atoms with Crippen molar-refractivity contribution in [3.05, 3.63) is 42.7 Å². The molecule has 0 bridgehead atoms. The second-order valence-electron chi connectivity index (χ2n) is 3.30. The second-order valence-corrected chi connectivity index (χ2v) is 4.36. The molecule has 0 fully saturated rings. The Morgan fingerprint density at radius 3 is 2.76 bits per heavy atom. The number of hydrogen-bond acceptors (Lipinski definition) is 5. The molecule has 1 heterocycles. The summed E-state index contributed by atoms with van der Waals surface area (Å²) in [4.78, 5) is 8.23. The van der Waals surface area contributed by atoms with Gasteiger partial charge in [-0.3, -0.25) is 0 Å². The summed E-state index contributed by atoms with van der Waals surface area (Å²) in [6.45, 7) is 0.604. The van der Waals surface area contributed by atoms with Gasteiger partial charge in [-0.1, -0.05) is 17.8 Å². The highest BCUT2D eigenvalue weighted by atomic mass is 32.2. The Labute approximate surface area is 104 Å². The molecule has 0 atom stereocenters. The van der Waals surface area contributed by atoms with Gasteiger partial charge in [0.05, 0.1) is 6.61 Å². The molecular weight excluding hydrogens is 234 g/mol. The van der Waals surface area contributed by atoms with E-state index in [1.54, 1.807) is 30.2 Å². The maximum atomic E-state index is 5.65. The largest absolute Gasteiger partial charge is 0.493 e. The second kappa shape index (κ2) is 6.10. The molecule has 5 heteroatoms. The molecule has 0 amide bonds. The lowest BCUT2D eigenvalue weighted by molar-refractivity contribution is 0.344. The number of nitrogens with zero attached hydrogens (tertiary/aromatic N) is 2. The van der Waals surface area contributed by atoms with Gasteiger partial charge in [0.2, 0.25) is 0 Å². The number of aromatic nitrogens is 2. The molecule has 0 saturated heterocycles. The Balaban J connectivity index is 1.73. The van der Waals surface area contributed by atoms with E-state index in [9.17, 15) is 0 Å². The topological polar surface area (TPSA) is 61.0 Å². The summed E-state index contributed by atoms with van der Waals surface area (Å²) >= 11 is 1.57. The fraction of sp³-hybridized carbons (Fsp3) is 0.167. The van der Waals surface area contributed by atoms with Crippen LogP contribution in [0.25, 0.3) is 0 Å². The van der Waals surface area contributed by atoms with Gasteiger partial charge < -0.3 is 10.5 Å². The molecule has 2 N–H and O–H groups in total. The van der Waals surface area contributed by atoms with Crippen LogP contribution in [0.4, 0.5) is 5.69 Å². The Kier molecular flexibility index (Phi) is 4.21. The summed E-state index contributed by atoms with van der Waals surface area (Å²) in [5, 5.41) is 0.767. The summed E-state index contributed by atoms with van der Waals surface area (Å²) in [5.74, 6) is 1.60. The SMILES string of the molecule is Nc1cccc(OCCSc2ncccn2)c1. The van der Waals surface area contributed by atoms with Gasteiger partial charge in [-0.25, -0.2) is 9.97 Å². The van der Waals surface area contributed by atoms with Crippen LogP contribution in [0.1, 0.15) is 0 Å². The number of benzene rings is 1. The minimum atomic E-state index is 0.604. The number of anilines is 1. The van der Waals surface area contributed by atoms with Crippen LogP contribution in [-0.2, 0) is 0 Å². The standard InChI is InChI=1S/C12H13N3OS/c13-10-3-1-4-11(9-10)16-7-8-17-12-14-5-2-6-15-12/h1-6,9H,7-8,13H2. The first-order chi connectivity index (χ1) is 8.34. The van der Waals surface area contributed by atoms with E-state index in [0.717, 1.165) is 16.7 Å². The van der Waals surface area contributed by atoms with E-state index in [-0.39, 0.29) is 0 Å². The van der Waals surface area contributed by atoms with E-state index in [1.165, 1.54) is 0 Å². The van der Waals surface area contributed by atoms with Gasteiger partial charge >= 0.3 is 0 Å². The van der Waals surface area contributed by atoms with E-state index in [1.807, 2.05) is 24.3 Å². The molecule has 0 aliphatic rings. The van der Waals surface area contributed by atoms with Gasteiger partial charge in [0.15, 0.2) is 5.16 Å².